The van der Waals surface area contributed by atoms with Gasteiger partial charge >= 0.3 is 47.2 Å². The van der Waals surface area contributed by atoms with Gasteiger partial charge in [-0.1, -0.05) is 0 Å². The SMILES string of the molecule is CO[Si](OC)(OC)C(CCOC(=O)/C=C/C(=O)OCCC([Si](OC)(OC)OC)[Si](OC)(OC)OC)[Si](OC)(OC)OC. The van der Waals surface area contributed by atoms with Crippen molar-refractivity contribution in [3.8, 4) is 0 Å². The molecule has 0 aliphatic rings. The number of carbonyl (C=O) groups excluding carboxylic acids is 2. The molecule has 0 spiro atoms. The van der Waals surface area contributed by atoms with Gasteiger partial charge in [-0.3, -0.25) is 0 Å². The highest BCUT2D eigenvalue weighted by molar-refractivity contribution is 6.83. The Kier molecular flexibility index (Phi) is 19.7. The maximum atomic E-state index is 12.4. The number of carbonyl (C=O) groups is 2. The van der Waals surface area contributed by atoms with Crippen LogP contribution < -0.4 is 0 Å². The lowest BCUT2D eigenvalue weighted by Crippen LogP contribution is -2.62. The molecule has 0 aliphatic heterocycles. The monoisotopic (exact) mass is 680 g/mol. The lowest BCUT2D eigenvalue weighted by Gasteiger charge is -2.39. The molecule has 0 radical (unpaired) electrons. The van der Waals surface area contributed by atoms with Crippen molar-refractivity contribution in [2.75, 3.05) is 98.5 Å². The fourth-order valence-corrected chi connectivity index (χ4v) is 19.6. The Labute approximate surface area is 253 Å². The van der Waals surface area contributed by atoms with Gasteiger partial charge in [-0.25, -0.2) is 9.59 Å². The van der Waals surface area contributed by atoms with E-state index in [9.17, 15) is 9.59 Å². The first-order valence-electron chi connectivity index (χ1n) is 12.6. The smallest absolute Gasteiger partial charge is 0.463 e. The van der Waals surface area contributed by atoms with Crippen LogP contribution in [0, 0.1) is 0 Å². The van der Waals surface area contributed by atoms with Gasteiger partial charge < -0.3 is 62.6 Å². The second-order valence-corrected chi connectivity index (χ2v) is 21.9. The molecule has 20 heteroatoms. The van der Waals surface area contributed by atoms with E-state index in [1.807, 2.05) is 0 Å². The van der Waals surface area contributed by atoms with Gasteiger partial charge in [0.1, 0.15) is 10.3 Å². The van der Waals surface area contributed by atoms with Crippen molar-refractivity contribution in [1.82, 2.24) is 0 Å². The molecular formula is C22H48O16Si4. The first-order valence-corrected chi connectivity index (χ1v) is 19.8. The zero-order chi connectivity index (χ0) is 32.5. The molecule has 42 heavy (non-hydrogen) atoms. The maximum absolute atomic E-state index is 12.4. The Morgan fingerprint density at radius 1 is 0.429 bits per heavy atom. The molecule has 0 rings (SSSR count). The van der Waals surface area contributed by atoms with Gasteiger partial charge in [0.25, 0.3) is 0 Å². The number of esters is 2. The molecule has 16 nitrogen and oxygen atoms in total. The zero-order valence-electron chi connectivity index (χ0n) is 26.7. The molecule has 0 aliphatic carbocycles. The van der Waals surface area contributed by atoms with Crippen molar-refractivity contribution >= 4 is 47.2 Å². The highest BCUT2D eigenvalue weighted by Crippen LogP contribution is 2.39. The Morgan fingerprint density at radius 3 is 0.786 bits per heavy atom. The second-order valence-electron chi connectivity index (χ2n) is 8.21. The van der Waals surface area contributed by atoms with E-state index in [-0.39, 0.29) is 26.1 Å². The summed E-state index contributed by atoms with van der Waals surface area (Å²) in [6, 6.07) is 0. The van der Waals surface area contributed by atoms with E-state index >= 15 is 0 Å². The third-order valence-electron chi connectivity index (χ3n) is 6.78. The fourth-order valence-electron chi connectivity index (χ4n) is 4.63. The Morgan fingerprint density at radius 2 is 0.619 bits per heavy atom. The average molecular weight is 681 g/mol. The molecule has 0 N–H and O–H groups in total. The van der Waals surface area contributed by atoms with Crippen LogP contribution >= 0.6 is 0 Å². The predicted octanol–water partition coefficient (Wildman–Crippen LogP) is 0.740. The Balaban J connectivity index is 5.41. The predicted molar refractivity (Wildman–Crippen MR) is 155 cm³/mol. The van der Waals surface area contributed by atoms with Gasteiger partial charge in [-0.15, -0.1) is 0 Å². The summed E-state index contributed by atoms with van der Waals surface area (Å²) in [5, 5.41) is -1.24. The normalized spacial score (nSPS) is 13.4. The molecule has 0 saturated carbocycles. The van der Waals surface area contributed by atoms with Crippen LogP contribution in [-0.4, -0.2) is 146 Å². The summed E-state index contributed by atoms with van der Waals surface area (Å²) in [5.41, 5.74) is 0. The van der Waals surface area contributed by atoms with Crippen molar-refractivity contribution in [3.63, 3.8) is 0 Å². The third-order valence-corrected chi connectivity index (χ3v) is 22.4. The van der Waals surface area contributed by atoms with Crippen LogP contribution in [0.15, 0.2) is 12.2 Å². The number of hydrogen-bond acceptors (Lipinski definition) is 16. The van der Waals surface area contributed by atoms with Crippen LogP contribution in [0.3, 0.4) is 0 Å². The molecule has 0 fully saturated rings. The van der Waals surface area contributed by atoms with Crippen LogP contribution in [0.25, 0.3) is 0 Å². The summed E-state index contributed by atoms with van der Waals surface area (Å²) >= 11 is 0. The van der Waals surface area contributed by atoms with Crippen LogP contribution in [0.5, 0.6) is 0 Å². The van der Waals surface area contributed by atoms with E-state index in [4.69, 9.17) is 62.6 Å². The highest BCUT2D eigenvalue weighted by atomic mass is 28.5. The maximum Gasteiger partial charge on any atom is 0.508 e. The van der Waals surface area contributed by atoms with E-state index in [0.29, 0.717) is 0 Å². The first kappa shape index (κ1) is 41.1. The topological polar surface area (TPSA) is 163 Å². The fraction of sp³-hybridized carbons (Fsp3) is 0.818. The minimum absolute atomic E-state index is 0.101. The van der Waals surface area contributed by atoms with E-state index in [1.165, 1.54) is 85.3 Å². The van der Waals surface area contributed by atoms with Gasteiger partial charge in [0.2, 0.25) is 0 Å². The molecule has 0 aromatic rings. The molecule has 0 atom stereocenters. The number of hydrogen-bond donors (Lipinski definition) is 0. The van der Waals surface area contributed by atoms with Crippen LogP contribution in [-0.2, 0) is 72.2 Å². The van der Waals surface area contributed by atoms with Crippen molar-refractivity contribution in [2.24, 2.45) is 0 Å². The summed E-state index contributed by atoms with van der Waals surface area (Å²) in [4.78, 5) is 24.7. The molecule has 0 aromatic carbocycles. The molecule has 248 valence electrons. The van der Waals surface area contributed by atoms with Crippen molar-refractivity contribution in [1.29, 1.82) is 0 Å². The van der Waals surface area contributed by atoms with Gasteiger partial charge in [0, 0.05) is 97.5 Å². The minimum atomic E-state index is -3.37. The molecule has 0 unspecified atom stereocenters. The summed E-state index contributed by atoms with van der Waals surface area (Å²) in [5.74, 6) is -1.56. The average Bonchev–Trinajstić information content (AvgIpc) is 3.03. The van der Waals surface area contributed by atoms with Crippen LogP contribution in [0.1, 0.15) is 12.8 Å². The largest absolute Gasteiger partial charge is 0.508 e. The lowest BCUT2D eigenvalue weighted by atomic mass is 10.4. The van der Waals surface area contributed by atoms with Crippen molar-refractivity contribution in [3.05, 3.63) is 12.2 Å². The molecule has 0 amide bonds. The van der Waals surface area contributed by atoms with Crippen LogP contribution in [0.4, 0.5) is 0 Å². The minimum Gasteiger partial charge on any atom is -0.463 e. The zero-order valence-corrected chi connectivity index (χ0v) is 30.7. The van der Waals surface area contributed by atoms with E-state index in [2.05, 4.69) is 0 Å². The van der Waals surface area contributed by atoms with Gasteiger partial charge in [0.15, 0.2) is 0 Å². The quantitative estimate of drug-likeness (QED) is 0.0796. The van der Waals surface area contributed by atoms with Gasteiger partial charge in [-0.05, 0) is 12.8 Å². The number of rotatable bonds is 24. The van der Waals surface area contributed by atoms with Crippen molar-refractivity contribution < 1.29 is 72.2 Å². The summed E-state index contributed by atoms with van der Waals surface area (Å²) < 4.78 is 78.0. The summed E-state index contributed by atoms with van der Waals surface area (Å²) in [6.45, 7) is -0.203. The van der Waals surface area contributed by atoms with Gasteiger partial charge in [0.05, 0.1) is 13.2 Å². The Bertz CT molecular complexity index is 666. The standard InChI is InChI=1S/C22H48O16Si4/c1-25-39(26-2,27-3)21(40(28-4,29-5)30-6)15-17-37-19(23)13-14-20(24)38-18-16-22(41(31-7,32-8)33-9)42(34-10,35-11)36-12/h13-14,21-22H,15-18H2,1-12H3/b14-13+. The Hall–Kier alpha value is -0.932. The van der Waals surface area contributed by atoms with Crippen LogP contribution in [0.2, 0.25) is 10.3 Å². The number of ether oxygens (including phenoxy) is 2. The third kappa shape index (κ3) is 9.78. The van der Waals surface area contributed by atoms with E-state index in [1.54, 1.807) is 0 Å². The molecular weight excluding hydrogens is 633 g/mol. The first-order chi connectivity index (χ1) is 20.0. The second kappa shape index (κ2) is 20.2. The summed E-state index contributed by atoms with van der Waals surface area (Å²) in [6.07, 6.45) is 2.24. The van der Waals surface area contributed by atoms with Gasteiger partial charge in [-0.2, -0.15) is 0 Å². The molecule has 0 bridgehead atoms. The highest BCUT2D eigenvalue weighted by Gasteiger charge is 2.65. The lowest BCUT2D eigenvalue weighted by molar-refractivity contribution is -0.140. The van der Waals surface area contributed by atoms with Crippen molar-refractivity contribution in [2.45, 2.75) is 23.2 Å². The summed E-state index contributed by atoms with van der Waals surface area (Å²) in [7, 11) is 3.85. The van der Waals surface area contributed by atoms with E-state index in [0.717, 1.165) is 12.2 Å². The molecule has 0 heterocycles. The molecule has 0 saturated heterocycles. The molecule has 0 aromatic heterocycles. The van der Waals surface area contributed by atoms with E-state index < -0.39 is 57.5 Å².